The quantitative estimate of drug-likeness (QED) is 0.0714. The molecule has 6 rings (SSSR count). The first kappa shape index (κ1) is 39.1. The summed E-state index contributed by atoms with van der Waals surface area (Å²) >= 11 is 0. The van der Waals surface area contributed by atoms with E-state index in [2.05, 4.69) is 25.7 Å². The number of carbonyl (C=O) groups excluding carboxylic acids is 4. The van der Waals surface area contributed by atoms with E-state index in [1.54, 1.807) is 66.0 Å². The molecule has 0 unspecified atom stereocenters. The fraction of sp³-hybridized carbons (Fsp3) is 0.282. The van der Waals surface area contributed by atoms with Crippen LogP contribution in [0.1, 0.15) is 42.4 Å². The Morgan fingerprint density at radius 1 is 0.893 bits per heavy atom. The number of urea groups is 1. The molecule has 0 bridgehead atoms. The second-order valence-corrected chi connectivity index (χ2v) is 13.3. The SMILES string of the molecule is Nc1ccc(-c2cc(-c3ccc(NC(=O)N4Cc5ccncc5C4)cc3)nn(CC(F)(F)F)c2=O)cc1C=NCCCCCCNC(=O)CN1C(=O)C=CC1=O. The van der Waals surface area contributed by atoms with Crippen molar-refractivity contribution in [3.8, 4) is 22.4 Å². The van der Waals surface area contributed by atoms with Crippen molar-refractivity contribution in [3.63, 3.8) is 0 Å². The van der Waals surface area contributed by atoms with E-state index >= 15 is 0 Å². The molecule has 2 aromatic carbocycles. The van der Waals surface area contributed by atoms with Crippen LogP contribution in [0.5, 0.6) is 0 Å². The van der Waals surface area contributed by atoms with Gasteiger partial charge in [-0.25, -0.2) is 9.48 Å². The lowest BCUT2D eigenvalue weighted by atomic mass is 10.0. The first-order valence-electron chi connectivity index (χ1n) is 17.8. The summed E-state index contributed by atoms with van der Waals surface area (Å²) in [6, 6.07) is 14.1. The number of nitrogen functional groups attached to an aromatic ring is 1. The zero-order valence-corrected chi connectivity index (χ0v) is 30.1. The van der Waals surface area contributed by atoms with Crippen molar-refractivity contribution < 1.29 is 32.3 Å². The molecule has 56 heavy (non-hydrogen) atoms. The highest BCUT2D eigenvalue weighted by Crippen LogP contribution is 2.28. The van der Waals surface area contributed by atoms with Crippen LogP contribution < -0.4 is 21.9 Å². The number of halogens is 3. The van der Waals surface area contributed by atoms with Crippen molar-refractivity contribution in [1.29, 1.82) is 0 Å². The van der Waals surface area contributed by atoms with Crippen LogP contribution in [0.25, 0.3) is 22.4 Å². The Morgan fingerprint density at radius 3 is 2.34 bits per heavy atom. The maximum Gasteiger partial charge on any atom is 0.408 e. The average Bonchev–Trinajstić information content (AvgIpc) is 3.74. The smallest absolute Gasteiger partial charge is 0.398 e. The number of carbonyl (C=O) groups is 4. The van der Waals surface area contributed by atoms with Gasteiger partial charge in [0.25, 0.3) is 17.4 Å². The van der Waals surface area contributed by atoms with E-state index in [1.165, 1.54) is 6.07 Å². The number of aliphatic imine (C=N–C) groups is 1. The van der Waals surface area contributed by atoms with Crippen molar-refractivity contribution in [2.24, 2.45) is 4.99 Å². The molecule has 4 heterocycles. The Balaban J connectivity index is 1.07. The Kier molecular flexibility index (Phi) is 12.0. The molecule has 0 aliphatic carbocycles. The van der Waals surface area contributed by atoms with Gasteiger partial charge in [-0.2, -0.15) is 18.3 Å². The molecule has 5 amide bonds. The second kappa shape index (κ2) is 17.2. The normalized spacial score (nSPS) is 13.8. The standard InChI is InChI=1S/C39H38F3N9O5/c40-39(41,42)24-51-37(55)31(18-33(48-51)25-5-8-30(9-6-25)47-38(56)49-21-27-13-16-45-20-29(27)22-49)26-7-10-32(43)28(17-26)19-44-14-3-1-2-4-15-46-34(52)23-50-35(53)11-12-36(50)54/h5-13,16-20H,1-4,14-15,21-24,43H2,(H,46,52)(H,47,56). The maximum atomic E-state index is 13.6. The van der Waals surface area contributed by atoms with Crippen LogP contribution in [-0.4, -0.2) is 80.3 Å². The molecule has 2 aliphatic rings. The van der Waals surface area contributed by atoms with Gasteiger partial charge in [-0.1, -0.05) is 31.0 Å². The first-order valence-corrected chi connectivity index (χ1v) is 17.8. The number of nitrogens with one attached hydrogen (secondary N) is 2. The Labute approximate surface area is 318 Å². The minimum atomic E-state index is -4.71. The predicted octanol–water partition coefficient (Wildman–Crippen LogP) is 4.69. The van der Waals surface area contributed by atoms with Crippen molar-refractivity contribution in [2.75, 3.05) is 30.7 Å². The van der Waals surface area contributed by atoms with Gasteiger partial charge in [-0.05, 0) is 65.9 Å². The molecule has 0 spiro atoms. The number of unbranched alkanes of at least 4 members (excludes halogenated alkanes) is 3. The van der Waals surface area contributed by atoms with E-state index in [9.17, 15) is 37.1 Å². The van der Waals surface area contributed by atoms with Crippen molar-refractivity contribution in [1.82, 2.24) is 29.9 Å². The molecule has 4 N–H and O–H groups in total. The second-order valence-electron chi connectivity index (χ2n) is 13.3. The summed E-state index contributed by atoms with van der Waals surface area (Å²) in [5, 5.41) is 9.57. The van der Waals surface area contributed by atoms with Crippen molar-refractivity contribution >= 4 is 41.3 Å². The van der Waals surface area contributed by atoms with Gasteiger partial charge in [-0.3, -0.25) is 34.1 Å². The van der Waals surface area contributed by atoms with Crippen molar-refractivity contribution in [2.45, 2.75) is 51.5 Å². The zero-order chi connectivity index (χ0) is 39.8. The lowest BCUT2D eigenvalue weighted by Crippen LogP contribution is -2.40. The number of alkyl halides is 3. The number of pyridine rings is 1. The number of nitrogens with zero attached hydrogens (tertiary/aromatic N) is 6. The third-order valence-corrected chi connectivity index (χ3v) is 9.12. The Bertz CT molecular complexity index is 2210. The third kappa shape index (κ3) is 9.90. The molecule has 0 saturated carbocycles. The summed E-state index contributed by atoms with van der Waals surface area (Å²) in [7, 11) is 0. The summed E-state index contributed by atoms with van der Waals surface area (Å²) in [6.45, 7) is -0.205. The molecule has 0 atom stereocenters. The highest BCUT2D eigenvalue weighted by atomic mass is 19.4. The van der Waals surface area contributed by atoms with E-state index in [-0.39, 0.29) is 23.8 Å². The van der Waals surface area contributed by atoms with Crippen LogP contribution in [0.2, 0.25) is 0 Å². The number of hydrogen-bond acceptors (Lipinski definition) is 9. The fourth-order valence-corrected chi connectivity index (χ4v) is 6.17. The van der Waals surface area contributed by atoms with Crippen LogP contribution >= 0.6 is 0 Å². The number of imide groups is 1. The molecule has 14 nitrogen and oxygen atoms in total. The highest BCUT2D eigenvalue weighted by Gasteiger charge is 2.30. The number of nitrogens with two attached hydrogens (primary N) is 1. The molecule has 0 fully saturated rings. The summed E-state index contributed by atoms with van der Waals surface area (Å²) in [4.78, 5) is 72.5. The number of benzene rings is 2. The van der Waals surface area contributed by atoms with E-state index in [0.717, 1.165) is 47.4 Å². The van der Waals surface area contributed by atoms with Crippen LogP contribution in [-0.2, 0) is 34.0 Å². The summed E-state index contributed by atoms with van der Waals surface area (Å²) < 4.78 is 41.2. The van der Waals surface area contributed by atoms with Gasteiger partial charge in [0.05, 0.1) is 11.3 Å². The fourth-order valence-electron chi connectivity index (χ4n) is 6.17. The monoisotopic (exact) mass is 769 g/mol. The summed E-state index contributed by atoms with van der Waals surface area (Å²) in [5.41, 5.74) is 9.39. The number of amides is 5. The van der Waals surface area contributed by atoms with Gasteiger partial charge in [0.1, 0.15) is 13.1 Å². The van der Waals surface area contributed by atoms with Crippen LogP contribution in [0.15, 0.2) is 88.9 Å². The average molecular weight is 770 g/mol. The number of anilines is 2. The lowest BCUT2D eigenvalue weighted by Gasteiger charge is -2.17. The van der Waals surface area contributed by atoms with Gasteiger partial charge >= 0.3 is 12.2 Å². The van der Waals surface area contributed by atoms with Crippen LogP contribution in [0.3, 0.4) is 0 Å². The minimum absolute atomic E-state index is 0.0169. The molecule has 2 aliphatic heterocycles. The van der Waals surface area contributed by atoms with Gasteiger partial charge in [0.15, 0.2) is 0 Å². The topological polar surface area (TPSA) is 185 Å². The molecule has 2 aromatic heterocycles. The van der Waals surface area contributed by atoms with Gasteiger partial charge in [0, 0.05) is 79.4 Å². The van der Waals surface area contributed by atoms with E-state index < -0.39 is 36.0 Å². The highest BCUT2D eigenvalue weighted by molar-refractivity contribution is 6.14. The molecular weight excluding hydrogens is 731 g/mol. The lowest BCUT2D eigenvalue weighted by molar-refractivity contribution is -0.143. The maximum absolute atomic E-state index is 13.6. The Morgan fingerprint density at radius 2 is 1.61 bits per heavy atom. The number of aromatic nitrogens is 3. The Hall–Kier alpha value is -6.65. The summed E-state index contributed by atoms with van der Waals surface area (Å²) in [6.07, 6.45) is 5.52. The van der Waals surface area contributed by atoms with E-state index in [0.29, 0.717) is 65.3 Å². The number of rotatable bonds is 14. The number of hydrogen-bond donors (Lipinski definition) is 3. The molecular formula is C39H38F3N9O5. The zero-order valence-electron chi connectivity index (χ0n) is 30.1. The number of fused-ring (bicyclic) bond motifs is 1. The van der Waals surface area contributed by atoms with E-state index in [1.807, 2.05) is 6.07 Å². The molecule has 4 aromatic rings. The van der Waals surface area contributed by atoms with Gasteiger partial charge < -0.3 is 21.3 Å². The predicted molar refractivity (Wildman–Crippen MR) is 202 cm³/mol. The molecule has 17 heteroatoms. The van der Waals surface area contributed by atoms with Gasteiger partial charge in [0.2, 0.25) is 5.91 Å². The van der Waals surface area contributed by atoms with Crippen LogP contribution in [0.4, 0.5) is 29.3 Å². The van der Waals surface area contributed by atoms with E-state index in [4.69, 9.17) is 5.73 Å². The minimum Gasteiger partial charge on any atom is -0.398 e. The third-order valence-electron chi connectivity index (χ3n) is 9.12. The van der Waals surface area contributed by atoms with Crippen LogP contribution in [0, 0.1) is 0 Å². The first-order chi connectivity index (χ1) is 26.8. The molecule has 0 radical (unpaired) electrons. The molecule has 290 valence electrons. The molecule has 0 saturated heterocycles. The largest absolute Gasteiger partial charge is 0.408 e. The van der Waals surface area contributed by atoms with Crippen molar-refractivity contribution in [3.05, 3.63) is 106 Å². The van der Waals surface area contributed by atoms with Gasteiger partial charge in [-0.15, -0.1) is 0 Å². The summed E-state index contributed by atoms with van der Waals surface area (Å²) in [5.74, 6) is -1.44.